The molecule has 0 aliphatic heterocycles. The summed E-state index contributed by atoms with van der Waals surface area (Å²) < 4.78 is 52.4. The number of benzene rings is 2. The number of halogens is 4. The van der Waals surface area contributed by atoms with Crippen LogP contribution < -0.4 is 11.1 Å². The van der Waals surface area contributed by atoms with Crippen LogP contribution in [0.4, 0.5) is 28.9 Å². The zero-order valence-corrected chi connectivity index (χ0v) is 9.88. The molecule has 1 amide bonds. The van der Waals surface area contributed by atoms with Crippen LogP contribution in [0.5, 0.6) is 0 Å². The highest BCUT2D eigenvalue weighted by molar-refractivity contribution is 6.05. The van der Waals surface area contributed by atoms with Crippen LogP contribution >= 0.6 is 0 Å². The molecule has 0 aliphatic rings. The molecular weight excluding hydrogens is 276 g/mol. The number of hydrogen-bond acceptors (Lipinski definition) is 2. The summed E-state index contributed by atoms with van der Waals surface area (Å²) in [6, 6.07) is 3.97. The Kier molecular flexibility index (Phi) is 3.60. The van der Waals surface area contributed by atoms with Gasteiger partial charge >= 0.3 is 0 Å². The van der Waals surface area contributed by atoms with Gasteiger partial charge in [0.15, 0.2) is 17.5 Å². The molecular formula is C13H8F4N2O. The third-order valence-electron chi connectivity index (χ3n) is 2.49. The molecule has 0 saturated carbocycles. The summed E-state index contributed by atoms with van der Waals surface area (Å²) in [5.41, 5.74) is 3.93. The second-order valence-corrected chi connectivity index (χ2v) is 3.94. The van der Waals surface area contributed by atoms with Crippen molar-refractivity contribution in [1.82, 2.24) is 0 Å². The molecule has 3 N–H and O–H groups in total. The Labute approximate surface area is 111 Å². The van der Waals surface area contributed by atoms with Gasteiger partial charge in [-0.25, -0.2) is 17.6 Å². The average Bonchev–Trinajstić information content (AvgIpc) is 2.38. The van der Waals surface area contributed by atoms with E-state index >= 15 is 0 Å². The molecule has 0 unspecified atom stereocenters. The van der Waals surface area contributed by atoms with E-state index in [0.29, 0.717) is 12.1 Å². The lowest BCUT2D eigenvalue weighted by Gasteiger charge is -2.08. The van der Waals surface area contributed by atoms with Crippen LogP contribution in [0.1, 0.15) is 10.4 Å². The maximum Gasteiger partial charge on any atom is 0.258 e. The van der Waals surface area contributed by atoms with E-state index in [0.717, 1.165) is 18.2 Å². The molecule has 0 heterocycles. The zero-order valence-electron chi connectivity index (χ0n) is 9.88. The zero-order chi connectivity index (χ0) is 14.9. The summed E-state index contributed by atoms with van der Waals surface area (Å²) in [5.74, 6) is -5.28. The number of carbonyl (C=O) groups excluding carboxylic acids is 1. The second kappa shape index (κ2) is 5.20. The highest BCUT2D eigenvalue weighted by Gasteiger charge is 2.16. The van der Waals surface area contributed by atoms with E-state index < -0.39 is 40.4 Å². The Balaban J connectivity index is 2.30. The van der Waals surface area contributed by atoms with Crippen molar-refractivity contribution in [1.29, 1.82) is 0 Å². The van der Waals surface area contributed by atoms with Gasteiger partial charge in [-0.2, -0.15) is 0 Å². The second-order valence-electron chi connectivity index (χ2n) is 3.94. The van der Waals surface area contributed by atoms with Gasteiger partial charge in [-0.05, 0) is 24.3 Å². The first-order chi connectivity index (χ1) is 9.38. The topological polar surface area (TPSA) is 55.1 Å². The molecule has 3 nitrogen and oxygen atoms in total. The van der Waals surface area contributed by atoms with Crippen molar-refractivity contribution in [3.8, 4) is 0 Å². The van der Waals surface area contributed by atoms with E-state index in [9.17, 15) is 22.4 Å². The van der Waals surface area contributed by atoms with Gasteiger partial charge in [0.1, 0.15) is 5.82 Å². The molecule has 7 heteroatoms. The number of carbonyl (C=O) groups is 1. The van der Waals surface area contributed by atoms with E-state index in [1.807, 2.05) is 0 Å². The van der Waals surface area contributed by atoms with Gasteiger partial charge in [-0.1, -0.05) is 0 Å². The Morgan fingerprint density at radius 2 is 1.70 bits per heavy atom. The number of rotatable bonds is 2. The van der Waals surface area contributed by atoms with Crippen LogP contribution in [0.3, 0.4) is 0 Å². The van der Waals surface area contributed by atoms with Gasteiger partial charge in [0, 0.05) is 11.8 Å². The monoisotopic (exact) mass is 284 g/mol. The molecule has 0 spiro atoms. The quantitative estimate of drug-likeness (QED) is 0.657. The molecule has 0 saturated heterocycles. The van der Waals surface area contributed by atoms with Gasteiger partial charge in [-0.15, -0.1) is 0 Å². The van der Waals surface area contributed by atoms with Gasteiger partial charge in [0.05, 0.1) is 11.3 Å². The van der Waals surface area contributed by atoms with E-state index in [1.54, 1.807) is 0 Å². The van der Waals surface area contributed by atoms with Crippen LogP contribution in [-0.2, 0) is 0 Å². The van der Waals surface area contributed by atoms with E-state index in [2.05, 4.69) is 5.32 Å². The minimum atomic E-state index is -1.18. The first-order valence-electron chi connectivity index (χ1n) is 5.39. The lowest BCUT2D eigenvalue weighted by atomic mass is 10.1. The van der Waals surface area contributed by atoms with Crippen LogP contribution in [0.15, 0.2) is 30.3 Å². The number of nitrogens with two attached hydrogens (primary N) is 1. The normalized spacial score (nSPS) is 10.4. The summed E-state index contributed by atoms with van der Waals surface area (Å²) in [4.78, 5) is 11.7. The van der Waals surface area contributed by atoms with Crippen LogP contribution in [0.2, 0.25) is 0 Å². The first kappa shape index (κ1) is 13.9. The number of anilines is 2. The fourth-order valence-corrected chi connectivity index (χ4v) is 1.55. The SMILES string of the molecule is Nc1cc(F)cc(C(=O)Nc2ccc(F)c(F)c2)c1F. The predicted molar refractivity (Wildman–Crippen MR) is 65.1 cm³/mol. The number of amides is 1. The predicted octanol–water partition coefficient (Wildman–Crippen LogP) is 3.08. The van der Waals surface area contributed by atoms with Crippen molar-refractivity contribution in [2.75, 3.05) is 11.1 Å². The lowest BCUT2D eigenvalue weighted by Crippen LogP contribution is -2.15. The van der Waals surface area contributed by atoms with Crippen molar-refractivity contribution < 1.29 is 22.4 Å². The highest BCUT2D eigenvalue weighted by Crippen LogP contribution is 2.20. The van der Waals surface area contributed by atoms with Crippen molar-refractivity contribution in [2.45, 2.75) is 0 Å². The van der Waals surface area contributed by atoms with Gasteiger partial charge in [0.2, 0.25) is 0 Å². The first-order valence-corrected chi connectivity index (χ1v) is 5.39. The molecule has 2 rings (SSSR count). The molecule has 0 aromatic heterocycles. The van der Waals surface area contributed by atoms with Crippen molar-refractivity contribution >= 4 is 17.3 Å². The Hall–Kier alpha value is -2.57. The van der Waals surface area contributed by atoms with Crippen LogP contribution in [-0.4, -0.2) is 5.91 Å². The van der Waals surface area contributed by atoms with E-state index in [-0.39, 0.29) is 5.69 Å². The average molecular weight is 284 g/mol. The molecule has 2 aromatic carbocycles. The maximum absolute atomic E-state index is 13.6. The summed E-state index contributed by atoms with van der Waals surface area (Å²) in [6.07, 6.45) is 0. The summed E-state index contributed by atoms with van der Waals surface area (Å²) in [5, 5.41) is 2.11. The molecule has 104 valence electrons. The van der Waals surface area contributed by atoms with E-state index in [4.69, 9.17) is 5.73 Å². The summed E-state index contributed by atoms with van der Waals surface area (Å²) in [7, 11) is 0. The van der Waals surface area contributed by atoms with Crippen LogP contribution in [0, 0.1) is 23.3 Å². The van der Waals surface area contributed by atoms with Crippen LogP contribution in [0.25, 0.3) is 0 Å². The van der Waals surface area contributed by atoms with Gasteiger partial charge < -0.3 is 11.1 Å². The lowest BCUT2D eigenvalue weighted by molar-refractivity contribution is 0.102. The molecule has 0 atom stereocenters. The van der Waals surface area contributed by atoms with Crippen molar-refractivity contribution in [2.24, 2.45) is 0 Å². The fourth-order valence-electron chi connectivity index (χ4n) is 1.55. The molecule has 0 aliphatic carbocycles. The maximum atomic E-state index is 13.6. The molecule has 20 heavy (non-hydrogen) atoms. The number of nitrogen functional groups attached to an aromatic ring is 1. The van der Waals surface area contributed by atoms with Gasteiger partial charge in [-0.3, -0.25) is 4.79 Å². The molecule has 0 radical (unpaired) electrons. The minimum absolute atomic E-state index is 0.101. The smallest absolute Gasteiger partial charge is 0.258 e. The standard InChI is InChI=1S/C13H8F4N2O/c14-6-3-8(12(17)11(18)4-6)13(20)19-7-1-2-9(15)10(16)5-7/h1-5H,18H2,(H,19,20). The Bertz CT molecular complexity index is 688. The highest BCUT2D eigenvalue weighted by atomic mass is 19.2. The minimum Gasteiger partial charge on any atom is -0.396 e. The largest absolute Gasteiger partial charge is 0.396 e. The number of hydrogen-bond donors (Lipinski definition) is 2. The third kappa shape index (κ3) is 2.71. The molecule has 2 aromatic rings. The third-order valence-corrected chi connectivity index (χ3v) is 2.49. The summed E-state index contributed by atoms with van der Waals surface area (Å²) >= 11 is 0. The Morgan fingerprint density at radius 3 is 2.35 bits per heavy atom. The van der Waals surface area contributed by atoms with E-state index in [1.165, 1.54) is 0 Å². The number of nitrogens with one attached hydrogen (secondary N) is 1. The van der Waals surface area contributed by atoms with Crippen molar-refractivity contribution in [3.05, 3.63) is 59.2 Å². The molecule has 0 bridgehead atoms. The Morgan fingerprint density at radius 1 is 1.00 bits per heavy atom. The fraction of sp³-hybridized carbons (Fsp3) is 0. The van der Waals surface area contributed by atoms with Gasteiger partial charge in [0.25, 0.3) is 5.91 Å². The summed E-state index contributed by atoms with van der Waals surface area (Å²) in [6.45, 7) is 0. The molecule has 0 fully saturated rings. The van der Waals surface area contributed by atoms with Crippen molar-refractivity contribution in [3.63, 3.8) is 0 Å².